The van der Waals surface area contributed by atoms with E-state index in [4.69, 9.17) is 32.9 Å². The Labute approximate surface area is 200 Å². The maximum Gasteiger partial charge on any atom is 0.265 e. The zero-order valence-electron chi connectivity index (χ0n) is 17.6. The van der Waals surface area contributed by atoms with Crippen LogP contribution >= 0.6 is 23.2 Å². The lowest BCUT2D eigenvalue weighted by Gasteiger charge is -2.32. The Hall–Kier alpha value is -3.16. The van der Waals surface area contributed by atoms with Gasteiger partial charge in [-0.1, -0.05) is 35.3 Å². The Balaban J connectivity index is 1.39. The summed E-state index contributed by atoms with van der Waals surface area (Å²) in [7, 11) is 0. The second-order valence-corrected chi connectivity index (χ2v) is 8.81. The summed E-state index contributed by atoms with van der Waals surface area (Å²) in [6.07, 6.45) is 3.34. The molecular weight excluding hydrogens is 463 g/mol. The van der Waals surface area contributed by atoms with Crippen LogP contribution in [0.2, 0.25) is 10.0 Å². The van der Waals surface area contributed by atoms with E-state index in [1.807, 2.05) is 24.3 Å². The van der Waals surface area contributed by atoms with Crippen LogP contribution in [0.15, 0.2) is 54.7 Å². The van der Waals surface area contributed by atoms with Crippen LogP contribution in [0.5, 0.6) is 5.75 Å². The van der Waals surface area contributed by atoms with Crippen molar-refractivity contribution in [1.29, 1.82) is 0 Å². The van der Waals surface area contributed by atoms with Gasteiger partial charge in [0.1, 0.15) is 12.3 Å². The molecule has 33 heavy (non-hydrogen) atoms. The normalized spacial score (nSPS) is 17.6. The number of halogens is 2. The minimum absolute atomic E-state index is 0.0851. The first-order chi connectivity index (χ1) is 16.0. The van der Waals surface area contributed by atoms with Gasteiger partial charge in [-0.05, 0) is 49.2 Å². The van der Waals surface area contributed by atoms with Gasteiger partial charge in [0.15, 0.2) is 12.4 Å². The van der Waals surface area contributed by atoms with Crippen LogP contribution in [0.1, 0.15) is 24.6 Å². The predicted molar refractivity (Wildman–Crippen MR) is 125 cm³/mol. The predicted octanol–water partition coefficient (Wildman–Crippen LogP) is 4.54. The smallest absolute Gasteiger partial charge is 0.265 e. The van der Waals surface area contributed by atoms with Gasteiger partial charge in [-0.2, -0.15) is 0 Å². The van der Waals surface area contributed by atoms with Gasteiger partial charge in [-0.3, -0.25) is 14.5 Å². The molecule has 1 aromatic heterocycles. The van der Waals surface area contributed by atoms with Crippen LogP contribution in [-0.2, 0) is 9.59 Å². The first-order valence-electron chi connectivity index (χ1n) is 10.6. The first kappa shape index (κ1) is 21.7. The highest BCUT2D eigenvalue weighted by Crippen LogP contribution is 2.36. The molecule has 0 N–H and O–H groups in total. The fourth-order valence-corrected chi connectivity index (χ4v) is 4.63. The molecular formula is C24H20Cl2N4O3. The molecule has 2 amide bonds. The van der Waals surface area contributed by atoms with Gasteiger partial charge in [0.05, 0.1) is 17.4 Å². The van der Waals surface area contributed by atoms with E-state index in [1.54, 1.807) is 35.4 Å². The molecule has 7 nitrogen and oxygen atoms in total. The molecule has 0 unspecified atom stereocenters. The molecule has 5 rings (SSSR count). The molecule has 3 aromatic rings. The van der Waals surface area contributed by atoms with E-state index in [0.29, 0.717) is 33.9 Å². The van der Waals surface area contributed by atoms with Gasteiger partial charge in [-0.25, -0.2) is 9.97 Å². The molecule has 168 valence electrons. The summed E-state index contributed by atoms with van der Waals surface area (Å²) in [6.45, 7) is 0.402. The Morgan fingerprint density at radius 2 is 1.97 bits per heavy atom. The number of rotatable bonds is 4. The van der Waals surface area contributed by atoms with E-state index in [1.165, 1.54) is 4.90 Å². The maximum atomic E-state index is 13.3. The lowest BCUT2D eigenvalue weighted by atomic mass is 10.1. The van der Waals surface area contributed by atoms with Gasteiger partial charge in [0, 0.05) is 28.4 Å². The minimum atomic E-state index is -0.279. The number of hydrogen-bond acceptors (Lipinski definition) is 5. The number of amides is 2. The van der Waals surface area contributed by atoms with E-state index in [9.17, 15) is 9.59 Å². The highest BCUT2D eigenvalue weighted by atomic mass is 35.5. The van der Waals surface area contributed by atoms with Crippen molar-refractivity contribution in [3.63, 3.8) is 0 Å². The van der Waals surface area contributed by atoms with E-state index >= 15 is 0 Å². The van der Waals surface area contributed by atoms with Crippen LogP contribution in [-0.4, -0.2) is 46.4 Å². The van der Waals surface area contributed by atoms with Crippen LogP contribution < -0.4 is 9.64 Å². The Kier molecular flexibility index (Phi) is 5.91. The van der Waals surface area contributed by atoms with Crippen LogP contribution in [0.3, 0.4) is 0 Å². The molecule has 2 aromatic carbocycles. The Bertz CT molecular complexity index is 1240. The Morgan fingerprint density at radius 3 is 2.82 bits per heavy atom. The lowest BCUT2D eigenvalue weighted by Crippen LogP contribution is -2.46. The number of carbonyl (C=O) groups excluding carboxylic acids is 2. The quantitative estimate of drug-likeness (QED) is 0.545. The standard InChI is InChI=1S/C24H20Cl2N4O3/c25-16-4-1-3-15(11-16)24-27-9-8-18(28-24)19-5-2-10-29(19)22(31)13-30-20-12-17(26)6-7-21(20)33-14-23(30)32/h1,3-4,6-9,11-12,19H,2,5,10,13-14H2/t19-/m1/s1. The molecule has 0 radical (unpaired) electrons. The minimum Gasteiger partial charge on any atom is -0.482 e. The van der Waals surface area contributed by atoms with Crippen molar-refractivity contribution in [2.45, 2.75) is 18.9 Å². The summed E-state index contributed by atoms with van der Waals surface area (Å²) >= 11 is 12.2. The van der Waals surface area contributed by atoms with Crippen LogP contribution in [0.25, 0.3) is 11.4 Å². The highest BCUT2D eigenvalue weighted by molar-refractivity contribution is 6.31. The molecule has 1 saturated heterocycles. The number of ether oxygens (including phenoxy) is 1. The van der Waals surface area contributed by atoms with Gasteiger partial charge in [-0.15, -0.1) is 0 Å². The van der Waals surface area contributed by atoms with Gasteiger partial charge in [0.25, 0.3) is 5.91 Å². The second kappa shape index (κ2) is 9.00. The van der Waals surface area contributed by atoms with Crippen molar-refractivity contribution in [1.82, 2.24) is 14.9 Å². The largest absolute Gasteiger partial charge is 0.482 e. The second-order valence-electron chi connectivity index (χ2n) is 7.94. The average Bonchev–Trinajstić information content (AvgIpc) is 3.31. The number of anilines is 1. The van der Waals surface area contributed by atoms with Gasteiger partial charge < -0.3 is 9.64 Å². The third-order valence-corrected chi connectivity index (χ3v) is 6.30. The number of fused-ring (bicyclic) bond motifs is 1. The molecule has 9 heteroatoms. The van der Waals surface area contributed by atoms with E-state index in [-0.39, 0.29) is 31.0 Å². The number of hydrogen-bond donors (Lipinski definition) is 0. The van der Waals surface area contributed by atoms with Gasteiger partial charge >= 0.3 is 0 Å². The summed E-state index contributed by atoms with van der Waals surface area (Å²) in [5.41, 5.74) is 2.09. The fourth-order valence-electron chi connectivity index (χ4n) is 4.27. The number of benzene rings is 2. The van der Waals surface area contributed by atoms with Crippen molar-refractivity contribution < 1.29 is 14.3 Å². The molecule has 1 fully saturated rings. The Morgan fingerprint density at radius 1 is 1.12 bits per heavy atom. The first-order valence-corrected chi connectivity index (χ1v) is 11.4. The molecule has 0 aliphatic carbocycles. The van der Waals surface area contributed by atoms with Crippen molar-refractivity contribution in [3.8, 4) is 17.1 Å². The van der Waals surface area contributed by atoms with Gasteiger partial charge in [0.2, 0.25) is 5.91 Å². The fraction of sp³-hybridized carbons (Fsp3) is 0.250. The number of carbonyl (C=O) groups is 2. The molecule has 3 heterocycles. The lowest BCUT2D eigenvalue weighted by molar-refractivity contribution is -0.132. The molecule has 0 saturated carbocycles. The zero-order chi connectivity index (χ0) is 22.9. The van der Waals surface area contributed by atoms with Crippen LogP contribution in [0, 0.1) is 0 Å². The zero-order valence-corrected chi connectivity index (χ0v) is 19.1. The summed E-state index contributed by atoms with van der Waals surface area (Å²) in [6, 6.07) is 14.0. The topological polar surface area (TPSA) is 75.6 Å². The third-order valence-electron chi connectivity index (χ3n) is 5.83. The number of nitrogens with zero attached hydrogens (tertiary/aromatic N) is 4. The number of aromatic nitrogens is 2. The summed E-state index contributed by atoms with van der Waals surface area (Å²) in [5, 5.41) is 1.08. The highest BCUT2D eigenvalue weighted by Gasteiger charge is 2.35. The average molecular weight is 483 g/mol. The molecule has 0 spiro atoms. The molecule has 1 atom stereocenters. The SMILES string of the molecule is O=C1COc2ccc(Cl)cc2N1CC(=O)N1CCC[C@@H]1c1ccnc(-c2cccc(Cl)c2)n1. The number of likely N-dealkylation sites (tertiary alicyclic amines) is 1. The van der Waals surface area contributed by atoms with E-state index in [2.05, 4.69) is 4.98 Å². The molecule has 2 aliphatic rings. The third kappa shape index (κ3) is 4.38. The van der Waals surface area contributed by atoms with E-state index < -0.39 is 0 Å². The monoisotopic (exact) mass is 482 g/mol. The molecule has 0 bridgehead atoms. The van der Waals surface area contributed by atoms with E-state index in [0.717, 1.165) is 24.1 Å². The van der Waals surface area contributed by atoms with Crippen molar-refractivity contribution >= 4 is 40.7 Å². The molecule has 2 aliphatic heterocycles. The van der Waals surface area contributed by atoms with Crippen LogP contribution in [0.4, 0.5) is 5.69 Å². The van der Waals surface area contributed by atoms with Crippen molar-refractivity contribution in [2.75, 3.05) is 24.6 Å². The van der Waals surface area contributed by atoms with Crippen molar-refractivity contribution in [2.24, 2.45) is 0 Å². The summed E-state index contributed by atoms with van der Waals surface area (Å²) in [5.74, 6) is 0.661. The summed E-state index contributed by atoms with van der Waals surface area (Å²) < 4.78 is 5.48. The van der Waals surface area contributed by atoms with Crippen molar-refractivity contribution in [3.05, 3.63) is 70.5 Å². The maximum absolute atomic E-state index is 13.3. The summed E-state index contributed by atoms with van der Waals surface area (Å²) in [4.78, 5) is 38.2.